The van der Waals surface area contributed by atoms with Gasteiger partial charge in [0.15, 0.2) is 0 Å². The Morgan fingerprint density at radius 1 is 1.16 bits per heavy atom. The third-order valence-electron chi connectivity index (χ3n) is 2.65. The van der Waals surface area contributed by atoms with E-state index in [4.69, 9.17) is 28.9 Å². The number of halogens is 2. The molecule has 1 heterocycles. The van der Waals surface area contributed by atoms with Crippen molar-refractivity contribution in [1.29, 1.82) is 0 Å². The van der Waals surface area contributed by atoms with E-state index in [1.54, 1.807) is 36.5 Å². The number of rotatable bonds is 4. The zero-order chi connectivity index (χ0) is 13.8. The molecule has 0 atom stereocenters. The Morgan fingerprint density at radius 2 is 1.95 bits per heavy atom. The number of benzene rings is 1. The average Bonchev–Trinajstić information content (AvgIpc) is 2.33. The molecule has 1 aromatic carbocycles. The van der Waals surface area contributed by atoms with Gasteiger partial charge in [-0.3, -0.25) is 4.79 Å². The van der Waals surface area contributed by atoms with E-state index >= 15 is 0 Å². The Hall–Kier alpha value is -1.58. The van der Waals surface area contributed by atoms with Gasteiger partial charge in [-0.25, -0.2) is 4.98 Å². The van der Waals surface area contributed by atoms with Gasteiger partial charge in [0.2, 0.25) is 0 Å². The van der Waals surface area contributed by atoms with Crippen LogP contribution in [0.25, 0.3) is 0 Å². The molecule has 0 bridgehead atoms. The van der Waals surface area contributed by atoms with Crippen LogP contribution >= 0.6 is 23.2 Å². The van der Waals surface area contributed by atoms with E-state index in [2.05, 4.69) is 4.98 Å². The topological polar surface area (TPSA) is 56.0 Å². The molecule has 5 heteroatoms. The number of ketones is 1. The van der Waals surface area contributed by atoms with Crippen LogP contribution in [0.1, 0.15) is 11.1 Å². The summed E-state index contributed by atoms with van der Waals surface area (Å²) in [5.41, 5.74) is 7.20. The number of nitrogen functional groups attached to an aromatic ring is 1. The van der Waals surface area contributed by atoms with Crippen LogP contribution in [0, 0.1) is 0 Å². The van der Waals surface area contributed by atoms with Gasteiger partial charge in [-0.2, -0.15) is 0 Å². The predicted octanol–water partition coefficient (Wildman–Crippen LogP) is 3.32. The molecular weight excluding hydrogens is 283 g/mol. The monoisotopic (exact) mass is 294 g/mol. The zero-order valence-electron chi connectivity index (χ0n) is 10.1. The molecule has 1 aromatic heterocycles. The lowest BCUT2D eigenvalue weighted by Gasteiger charge is -2.05. The van der Waals surface area contributed by atoms with Gasteiger partial charge >= 0.3 is 0 Å². The average molecular weight is 295 g/mol. The molecule has 3 nitrogen and oxygen atoms in total. The number of aromatic nitrogens is 1. The largest absolute Gasteiger partial charge is 0.384 e. The van der Waals surface area contributed by atoms with E-state index in [9.17, 15) is 4.79 Å². The summed E-state index contributed by atoms with van der Waals surface area (Å²) in [6.45, 7) is 0. The van der Waals surface area contributed by atoms with Crippen molar-refractivity contribution in [3.05, 3.63) is 57.7 Å². The van der Waals surface area contributed by atoms with Crippen LogP contribution in [0.15, 0.2) is 36.5 Å². The quantitative estimate of drug-likeness (QED) is 0.941. The second-order valence-corrected chi connectivity index (χ2v) is 5.06. The zero-order valence-corrected chi connectivity index (χ0v) is 11.6. The molecule has 2 aromatic rings. The number of nitrogens with two attached hydrogens (primary N) is 1. The summed E-state index contributed by atoms with van der Waals surface area (Å²) in [7, 11) is 0. The van der Waals surface area contributed by atoms with Gasteiger partial charge in [0.05, 0.1) is 0 Å². The van der Waals surface area contributed by atoms with Gasteiger partial charge < -0.3 is 5.73 Å². The normalized spacial score (nSPS) is 10.4. The fourth-order valence-electron chi connectivity index (χ4n) is 1.77. The highest BCUT2D eigenvalue weighted by atomic mass is 35.5. The molecule has 0 spiro atoms. The number of anilines is 1. The highest BCUT2D eigenvalue weighted by Gasteiger charge is 2.09. The van der Waals surface area contributed by atoms with Gasteiger partial charge in [0.25, 0.3) is 0 Å². The van der Waals surface area contributed by atoms with Crippen LogP contribution in [0.3, 0.4) is 0 Å². The number of carbonyl (C=O) groups excluding carboxylic acids is 1. The molecule has 19 heavy (non-hydrogen) atoms. The molecule has 0 radical (unpaired) electrons. The summed E-state index contributed by atoms with van der Waals surface area (Å²) < 4.78 is 0. The van der Waals surface area contributed by atoms with Crippen LogP contribution in [0.4, 0.5) is 5.82 Å². The second kappa shape index (κ2) is 6.04. The van der Waals surface area contributed by atoms with Crippen molar-refractivity contribution in [2.45, 2.75) is 12.8 Å². The third-order valence-corrected chi connectivity index (χ3v) is 3.24. The third kappa shape index (κ3) is 3.94. The lowest BCUT2D eigenvalue weighted by Crippen LogP contribution is -2.07. The maximum atomic E-state index is 12.0. The van der Waals surface area contributed by atoms with Crippen LogP contribution in [-0.4, -0.2) is 10.8 Å². The van der Waals surface area contributed by atoms with E-state index in [-0.39, 0.29) is 12.2 Å². The van der Waals surface area contributed by atoms with Gasteiger partial charge in [-0.15, -0.1) is 0 Å². The Kier molecular flexibility index (Phi) is 4.40. The Morgan fingerprint density at radius 3 is 2.63 bits per heavy atom. The minimum Gasteiger partial charge on any atom is -0.384 e. The number of hydrogen-bond acceptors (Lipinski definition) is 3. The summed E-state index contributed by atoms with van der Waals surface area (Å²) in [6, 6.07) is 8.60. The molecule has 0 aliphatic heterocycles. The molecule has 0 aliphatic rings. The number of Topliss-reactive ketones (excluding diaryl/α,β-unsaturated/α-hetero) is 1. The molecule has 2 rings (SSSR count). The van der Waals surface area contributed by atoms with E-state index in [0.717, 1.165) is 11.1 Å². The van der Waals surface area contributed by atoms with Gasteiger partial charge in [-0.05, 0) is 35.4 Å². The smallest absolute Gasteiger partial charge is 0.141 e. The fourth-order valence-corrected chi connectivity index (χ4v) is 2.25. The summed E-state index contributed by atoms with van der Waals surface area (Å²) in [5.74, 6) is 0.477. The summed E-state index contributed by atoms with van der Waals surface area (Å²) in [5, 5.41) is 1.07. The van der Waals surface area contributed by atoms with Crippen LogP contribution in [-0.2, 0) is 17.6 Å². The van der Waals surface area contributed by atoms with Crippen molar-refractivity contribution in [2.75, 3.05) is 5.73 Å². The minimum absolute atomic E-state index is 0.0647. The summed E-state index contributed by atoms with van der Waals surface area (Å²) in [4.78, 5) is 15.9. The van der Waals surface area contributed by atoms with Gasteiger partial charge in [-0.1, -0.05) is 29.3 Å². The van der Waals surface area contributed by atoms with Crippen molar-refractivity contribution in [2.24, 2.45) is 0 Å². The van der Waals surface area contributed by atoms with Crippen molar-refractivity contribution in [1.82, 2.24) is 4.98 Å². The molecule has 0 saturated carbocycles. The van der Waals surface area contributed by atoms with Crippen LogP contribution in [0.2, 0.25) is 10.0 Å². The second-order valence-electron chi connectivity index (χ2n) is 4.22. The fraction of sp³-hybridized carbons (Fsp3) is 0.143. The Bertz CT molecular complexity index is 614. The highest BCUT2D eigenvalue weighted by molar-refractivity contribution is 6.35. The molecular formula is C14H12Cl2N2O. The van der Waals surface area contributed by atoms with Gasteiger partial charge in [0, 0.05) is 29.1 Å². The maximum absolute atomic E-state index is 12.0. The van der Waals surface area contributed by atoms with Crippen molar-refractivity contribution < 1.29 is 4.79 Å². The van der Waals surface area contributed by atoms with Gasteiger partial charge in [0.1, 0.15) is 11.6 Å². The van der Waals surface area contributed by atoms with Crippen molar-refractivity contribution in [3.8, 4) is 0 Å². The number of pyridine rings is 1. The first-order valence-electron chi connectivity index (χ1n) is 5.70. The predicted molar refractivity (Wildman–Crippen MR) is 77.5 cm³/mol. The molecule has 0 unspecified atom stereocenters. The lowest BCUT2D eigenvalue weighted by molar-refractivity contribution is -0.117. The van der Waals surface area contributed by atoms with E-state index in [1.165, 1.54) is 0 Å². The SMILES string of the molecule is Nc1cc(CC(=O)Cc2ccc(Cl)cc2Cl)ccn1. The number of carbonyl (C=O) groups is 1. The van der Waals surface area contributed by atoms with E-state index in [1.807, 2.05) is 0 Å². The number of hydrogen-bond donors (Lipinski definition) is 1. The molecule has 0 amide bonds. The first kappa shape index (κ1) is 13.8. The summed E-state index contributed by atoms with van der Waals surface area (Å²) >= 11 is 11.8. The first-order chi connectivity index (χ1) is 9.04. The molecule has 2 N–H and O–H groups in total. The molecule has 0 saturated heterocycles. The number of nitrogens with zero attached hydrogens (tertiary/aromatic N) is 1. The maximum Gasteiger partial charge on any atom is 0.141 e. The van der Waals surface area contributed by atoms with Crippen LogP contribution in [0.5, 0.6) is 0 Å². The van der Waals surface area contributed by atoms with Crippen molar-refractivity contribution >= 4 is 34.8 Å². The summed E-state index contributed by atoms with van der Waals surface area (Å²) in [6.07, 6.45) is 2.18. The highest BCUT2D eigenvalue weighted by Crippen LogP contribution is 2.21. The molecule has 0 aliphatic carbocycles. The van der Waals surface area contributed by atoms with Crippen molar-refractivity contribution in [3.63, 3.8) is 0 Å². The Labute approximate surface area is 121 Å². The van der Waals surface area contributed by atoms with E-state index < -0.39 is 0 Å². The van der Waals surface area contributed by atoms with E-state index in [0.29, 0.717) is 22.3 Å². The molecule has 0 fully saturated rings. The Balaban J connectivity index is 2.05. The molecule has 98 valence electrons. The first-order valence-corrected chi connectivity index (χ1v) is 6.46. The standard InChI is InChI=1S/C14H12Cl2N2O/c15-11-2-1-10(13(16)8-11)7-12(19)5-9-3-4-18-14(17)6-9/h1-4,6,8H,5,7H2,(H2,17,18). The lowest BCUT2D eigenvalue weighted by atomic mass is 10.0. The van der Waals surface area contributed by atoms with Crippen LogP contribution < -0.4 is 5.73 Å². The minimum atomic E-state index is 0.0647.